The van der Waals surface area contributed by atoms with Crippen LogP contribution in [0.3, 0.4) is 0 Å². The Morgan fingerprint density at radius 2 is 1.62 bits per heavy atom. The van der Waals surface area contributed by atoms with Crippen molar-refractivity contribution in [3.63, 3.8) is 0 Å². The molecule has 2 fully saturated rings. The summed E-state index contributed by atoms with van der Waals surface area (Å²) in [7, 11) is 0. The molecule has 3 N–H and O–H groups in total. The third-order valence-corrected chi connectivity index (χ3v) is 9.06. The number of aromatic amines is 1. The SMILES string of the molecule is O=C(NC1CC2(C1)CC(C(=O)O)C2)c1ccc(-c2ccc(F)cc2)c2[nH]cc(Sc3ccc(C(F)(F)F)cc3)c12. The van der Waals surface area contributed by atoms with E-state index in [1.165, 1.54) is 36.0 Å². The number of aliphatic carboxylic acids is 1. The Hall–Kier alpha value is -3.79. The Bertz CT molecular complexity index is 1600. The molecule has 2 saturated carbocycles. The maximum atomic E-state index is 13.6. The van der Waals surface area contributed by atoms with Gasteiger partial charge < -0.3 is 15.4 Å². The summed E-state index contributed by atoms with van der Waals surface area (Å²) in [4.78, 5) is 29.1. The van der Waals surface area contributed by atoms with Crippen molar-refractivity contribution in [1.82, 2.24) is 10.3 Å². The molecule has 0 saturated heterocycles. The lowest BCUT2D eigenvalue weighted by molar-refractivity contribution is -0.155. The number of amides is 1. The minimum absolute atomic E-state index is 0.000436. The molecule has 0 atom stereocenters. The van der Waals surface area contributed by atoms with Crippen LogP contribution in [-0.2, 0) is 11.0 Å². The second kappa shape index (κ2) is 9.69. The van der Waals surface area contributed by atoms with Crippen molar-refractivity contribution in [2.75, 3.05) is 0 Å². The van der Waals surface area contributed by atoms with Crippen molar-refractivity contribution in [3.8, 4) is 11.1 Å². The van der Waals surface area contributed by atoms with Crippen LogP contribution in [0.15, 0.2) is 76.7 Å². The molecule has 1 heterocycles. The van der Waals surface area contributed by atoms with Crippen molar-refractivity contribution >= 4 is 34.5 Å². The highest BCUT2D eigenvalue weighted by Crippen LogP contribution is 2.58. The first kappa shape index (κ1) is 26.4. The van der Waals surface area contributed by atoms with E-state index in [2.05, 4.69) is 10.3 Å². The summed E-state index contributed by atoms with van der Waals surface area (Å²) in [6.07, 6.45) is 0.0241. The number of carboxylic acid groups (broad SMARTS) is 1. The Morgan fingerprint density at radius 3 is 2.25 bits per heavy atom. The minimum atomic E-state index is -4.44. The van der Waals surface area contributed by atoms with E-state index in [4.69, 9.17) is 0 Å². The van der Waals surface area contributed by atoms with Gasteiger partial charge in [0, 0.05) is 38.5 Å². The highest BCUT2D eigenvalue weighted by Gasteiger charge is 2.55. The summed E-state index contributed by atoms with van der Waals surface area (Å²) in [5.74, 6) is -1.73. The molecular weight excluding hydrogens is 544 g/mol. The van der Waals surface area contributed by atoms with Gasteiger partial charge >= 0.3 is 12.1 Å². The molecule has 1 amide bonds. The summed E-state index contributed by atoms with van der Waals surface area (Å²) in [6.45, 7) is 0. The van der Waals surface area contributed by atoms with Gasteiger partial charge in [-0.2, -0.15) is 13.2 Å². The average molecular weight is 569 g/mol. The van der Waals surface area contributed by atoms with E-state index in [1.807, 2.05) is 0 Å². The quantitative estimate of drug-likeness (QED) is 0.210. The first-order chi connectivity index (χ1) is 19.0. The van der Waals surface area contributed by atoms with E-state index < -0.39 is 17.7 Å². The van der Waals surface area contributed by atoms with Crippen LogP contribution in [-0.4, -0.2) is 28.0 Å². The minimum Gasteiger partial charge on any atom is -0.481 e. The van der Waals surface area contributed by atoms with Crippen LogP contribution in [0.5, 0.6) is 0 Å². The molecule has 5 nitrogen and oxygen atoms in total. The summed E-state index contributed by atoms with van der Waals surface area (Å²) >= 11 is 1.24. The predicted molar refractivity (Wildman–Crippen MR) is 143 cm³/mol. The lowest BCUT2D eigenvalue weighted by atomic mass is 9.50. The molecule has 2 aliphatic rings. The van der Waals surface area contributed by atoms with E-state index in [-0.39, 0.29) is 29.1 Å². The number of fused-ring (bicyclic) bond motifs is 1. The number of rotatable bonds is 6. The summed E-state index contributed by atoms with van der Waals surface area (Å²) in [6, 6.07) is 14.3. The summed E-state index contributed by atoms with van der Waals surface area (Å²) < 4.78 is 52.7. The number of carbonyl (C=O) groups is 2. The maximum absolute atomic E-state index is 13.6. The zero-order chi connectivity index (χ0) is 28.2. The summed E-state index contributed by atoms with van der Waals surface area (Å²) in [5, 5.41) is 12.9. The van der Waals surface area contributed by atoms with Gasteiger partial charge in [-0.15, -0.1) is 0 Å². The fourth-order valence-corrected chi connectivity index (χ4v) is 7.00. The van der Waals surface area contributed by atoms with Crippen molar-refractivity contribution < 1.29 is 32.3 Å². The van der Waals surface area contributed by atoms with Gasteiger partial charge in [0.05, 0.1) is 17.0 Å². The molecule has 2 aliphatic carbocycles. The molecular formula is C30H24F4N2O3S. The molecule has 206 valence electrons. The molecule has 10 heteroatoms. The van der Waals surface area contributed by atoms with Gasteiger partial charge in [-0.25, -0.2) is 4.39 Å². The lowest BCUT2D eigenvalue weighted by Crippen LogP contribution is -2.57. The smallest absolute Gasteiger partial charge is 0.416 e. The van der Waals surface area contributed by atoms with Crippen LogP contribution in [0.25, 0.3) is 22.0 Å². The second-order valence-corrected chi connectivity index (χ2v) is 11.8. The second-order valence-electron chi connectivity index (χ2n) is 10.7. The first-order valence-electron chi connectivity index (χ1n) is 12.8. The van der Waals surface area contributed by atoms with Crippen LogP contribution < -0.4 is 5.32 Å². The average Bonchev–Trinajstić information content (AvgIpc) is 3.28. The Kier molecular flexibility index (Phi) is 6.40. The standard InChI is InChI=1S/C30H24F4N2O3S/c31-19-5-1-16(2-6-19)22-9-10-23(27(37)36-20-13-29(14-20)11-17(12-29)28(38)39)25-24(15-35-26(22)25)40-21-7-3-18(4-8-21)30(32,33)34/h1-10,15,17,20,35H,11-14H2,(H,36,37)(H,38,39). The van der Waals surface area contributed by atoms with Gasteiger partial charge in [0.25, 0.3) is 5.91 Å². The van der Waals surface area contributed by atoms with E-state index in [1.54, 1.807) is 30.5 Å². The van der Waals surface area contributed by atoms with Crippen LogP contribution >= 0.6 is 11.8 Å². The van der Waals surface area contributed by atoms with Gasteiger partial charge in [0.15, 0.2) is 0 Å². The number of H-pyrrole nitrogens is 1. The molecule has 0 radical (unpaired) electrons. The third kappa shape index (κ3) is 4.85. The molecule has 1 aromatic heterocycles. The molecule has 1 spiro atoms. The van der Waals surface area contributed by atoms with Crippen LogP contribution in [0.4, 0.5) is 17.6 Å². The monoisotopic (exact) mass is 568 g/mol. The largest absolute Gasteiger partial charge is 0.481 e. The van der Waals surface area contributed by atoms with Crippen LogP contribution in [0.2, 0.25) is 0 Å². The number of halogens is 4. The Labute approximate surface area is 231 Å². The number of benzene rings is 3. The van der Waals surface area contributed by atoms with Crippen LogP contribution in [0, 0.1) is 17.2 Å². The molecule has 3 aromatic carbocycles. The maximum Gasteiger partial charge on any atom is 0.416 e. The van der Waals surface area contributed by atoms with Crippen molar-refractivity contribution in [2.45, 2.75) is 47.7 Å². The normalized spacial score (nSPS) is 22.1. The molecule has 0 aliphatic heterocycles. The van der Waals surface area contributed by atoms with E-state index in [0.29, 0.717) is 39.1 Å². The van der Waals surface area contributed by atoms with Crippen LogP contribution in [0.1, 0.15) is 41.6 Å². The lowest BCUT2D eigenvalue weighted by Gasteiger charge is -2.56. The van der Waals surface area contributed by atoms with Crippen molar-refractivity contribution in [1.29, 1.82) is 0 Å². The number of nitrogens with one attached hydrogen (secondary N) is 2. The van der Waals surface area contributed by atoms with E-state index in [0.717, 1.165) is 36.1 Å². The highest BCUT2D eigenvalue weighted by atomic mass is 32.2. The Balaban J connectivity index is 1.30. The number of carboxylic acids is 1. The molecule has 40 heavy (non-hydrogen) atoms. The van der Waals surface area contributed by atoms with E-state index in [9.17, 15) is 32.3 Å². The van der Waals surface area contributed by atoms with Gasteiger partial charge in [0.2, 0.25) is 0 Å². The van der Waals surface area contributed by atoms with Gasteiger partial charge in [-0.05, 0) is 79.1 Å². The summed E-state index contributed by atoms with van der Waals surface area (Å²) in [5.41, 5.74) is 1.82. The number of aromatic nitrogens is 1. The predicted octanol–water partition coefficient (Wildman–Crippen LogP) is 7.52. The number of alkyl halides is 3. The first-order valence-corrected chi connectivity index (χ1v) is 13.6. The molecule has 0 unspecified atom stereocenters. The number of hydrogen-bond acceptors (Lipinski definition) is 3. The fraction of sp³-hybridized carbons (Fsp3) is 0.267. The third-order valence-electron chi connectivity index (χ3n) is 8.01. The topological polar surface area (TPSA) is 82.2 Å². The molecule has 0 bridgehead atoms. The van der Waals surface area contributed by atoms with Crippen molar-refractivity contribution in [3.05, 3.63) is 83.8 Å². The highest BCUT2D eigenvalue weighted by molar-refractivity contribution is 7.99. The number of hydrogen-bond donors (Lipinski definition) is 3. The molecule has 4 aromatic rings. The molecule has 6 rings (SSSR count). The van der Waals surface area contributed by atoms with Gasteiger partial charge in [-0.1, -0.05) is 30.0 Å². The van der Waals surface area contributed by atoms with Crippen molar-refractivity contribution in [2.24, 2.45) is 11.3 Å². The zero-order valence-corrected chi connectivity index (χ0v) is 21.8. The van der Waals surface area contributed by atoms with E-state index >= 15 is 0 Å². The van der Waals surface area contributed by atoms with Gasteiger partial charge in [-0.3, -0.25) is 9.59 Å². The fourth-order valence-electron chi connectivity index (χ4n) is 6.04. The Morgan fingerprint density at radius 1 is 0.950 bits per heavy atom. The van der Waals surface area contributed by atoms with Gasteiger partial charge in [0.1, 0.15) is 5.82 Å². The number of carbonyl (C=O) groups excluding carboxylic acids is 1. The zero-order valence-electron chi connectivity index (χ0n) is 21.0.